The zero-order valence-corrected chi connectivity index (χ0v) is 22.0. The number of hydrogen-bond donors (Lipinski definition) is 2. The lowest BCUT2D eigenvalue weighted by Gasteiger charge is -2.22. The van der Waals surface area contributed by atoms with Gasteiger partial charge in [0.1, 0.15) is 23.2 Å². The number of nitrogens with zero attached hydrogens (tertiary/aromatic N) is 2. The van der Waals surface area contributed by atoms with Crippen LogP contribution in [-0.2, 0) is 21.0 Å². The Morgan fingerprint density at radius 3 is 2.65 bits per heavy atom. The number of phenols is 1. The summed E-state index contributed by atoms with van der Waals surface area (Å²) < 4.78 is 85.4. The van der Waals surface area contributed by atoms with Crippen molar-refractivity contribution in [2.24, 2.45) is 4.99 Å². The number of allylic oxidation sites excluding steroid dienone is 1. The minimum Gasteiger partial charge on any atom is -0.507 e. The molecule has 0 radical (unpaired) electrons. The summed E-state index contributed by atoms with van der Waals surface area (Å²) in [5.41, 5.74) is -0.286. The van der Waals surface area contributed by atoms with Crippen molar-refractivity contribution in [1.29, 1.82) is 0 Å². The molecule has 1 saturated heterocycles. The first-order chi connectivity index (χ1) is 18.8. The number of phenolic OH excluding ortho intramolecular Hbond substituents is 1. The van der Waals surface area contributed by atoms with Crippen molar-refractivity contribution in [1.82, 2.24) is 9.62 Å². The molecule has 8 nitrogen and oxygen atoms in total. The Bertz CT molecular complexity index is 1630. The fourth-order valence-corrected chi connectivity index (χ4v) is 5.98. The van der Waals surface area contributed by atoms with Crippen LogP contribution in [0.1, 0.15) is 30.9 Å². The summed E-state index contributed by atoms with van der Waals surface area (Å²) in [6, 6.07) is 6.26. The van der Waals surface area contributed by atoms with E-state index in [1.165, 1.54) is 18.2 Å². The van der Waals surface area contributed by atoms with Gasteiger partial charge in [0, 0.05) is 30.1 Å². The quantitative estimate of drug-likeness (QED) is 0.215. The van der Waals surface area contributed by atoms with E-state index >= 15 is 0 Å². The van der Waals surface area contributed by atoms with E-state index in [1.54, 1.807) is 13.0 Å². The Hall–Kier alpha value is -3.97. The van der Waals surface area contributed by atoms with Crippen LogP contribution in [-0.4, -0.2) is 49.6 Å². The maximum absolute atomic E-state index is 13.5. The summed E-state index contributed by atoms with van der Waals surface area (Å²) >= 11 is 0. The van der Waals surface area contributed by atoms with E-state index in [0.29, 0.717) is 18.1 Å². The number of carbonyl (C=O) groups excluding carboxylic acids is 1. The minimum absolute atomic E-state index is 0.00690. The van der Waals surface area contributed by atoms with Gasteiger partial charge in [-0.15, -0.1) is 0 Å². The smallest absolute Gasteiger partial charge is 0.416 e. The molecule has 1 aliphatic heterocycles. The molecule has 2 N–H and O–H groups in total. The first-order valence-corrected chi connectivity index (χ1v) is 13.5. The van der Waals surface area contributed by atoms with E-state index in [0.717, 1.165) is 28.6 Å². The van der Waals surface area contributed by atoms with Gasteiger partial charge in [-0.25, -0.2) is 12.8 Å². The fraction of sp³-hybridized carbons (Fsp3) is 0.259. The molecule has 212 valence electrons. The Balaban J connectivity index is 1.49. The maximum Gasteiger partial charge on any atom is 0.416 e. The highest BCUT2D eigenvalue weighted by Gasteiger charge is 2.41. The second-order valence-corrected chi connectivity index (χ2v) is 10.8. The van der Waals surface area contributed by atoms with Crippen molar-refractivity contribution in [3.8, 4) is 5.75 Å². The molecule has 0 unspecified atom stereocenters. The van der Waals surface area contributed by atoms with Crippen molar-refractivity contribution in [2.45, 2.75) is 37.1 Å². The van der Waals surface area contributed by atoms with Gasteiger partial charge in [-0.1, -0.05) is 6.08 Å². The van der Waals surface area contributed by atoms with Crippen LogP contribution in [0.15, 0.2) is 74.7 Å². The van der Waals surface area contributed by atoms with Gasteiger partial charge in [0.05, 0.1) is 11.3 Å². The lowest BCUT2D eigenvalue weighted by molar-refractivity contribution is -0.137. The van der Waals surface area contributed by atoms with Crippen molar-refractivity contribution in [3.05, 3.63) is 77.1 Å². The van der Waals surface area contributed by atoms with Crippen molar-refractivity contribution in [2.75, 3.05) is 13.1 Å². The third-order valence-corrected chi connectivity index (χ3v) is 8.22. The number of alkyl halides is 3. The SMILES string of the molecule is C=N/C(=C\C(=C/C)CNC(=O)[C@@H]1CCCN1S(=O)(=O)c1cc2cc(F)ccc2o1)c1ccc(C(F)(F)F)cc1O. The van der Waals surface area contributed by atoms with Crippen molar-refractivity contribution >= 4 is 39.3 Å². The molecular weight excluding hydrogens is 554 g/mol. The number of fused-ring (bicyclic) bond motifs is 1. The molecule has 13 heteroatoms. The van der Waals surface area contributed by atoms with Crippen LogP contribution < -0.4 is 5.32 Å². The third kappa shape index (κ3) is 5.94. The van der Waals surface area contributed by atoms with E-state index in [-0.39, 0.29) is 41.7 Å². The Morgan fingerprint density at radius 1 is 1.25 bits per heavy atom. The number of halogens is 4. The summed E-state index contributed by atoms with van der Waals surface area (Å²) in [5.74, 6) is -1.76. The number of nitrogens with one attached hydrogen (secondary N) is 1. The molecule has 3 aromatic rings. The van der Waals surface area contributed by atoms with Crippen LogP contribution in [0.2, 0.25) is 0 Å². The molecule has 0 aliphatic carbocycles. The molecule has 0 saturated carbocycles. The average Bonchev–Trinajstić information content (AvgIpc) is 3.57. The second-order valence-electron chi connectivity index (χ2n) is 9.02. The Morgan fingerprint density at radius 2 is 2.00 bits per heavy atom. The van der Waals surface area contributed by atoms with Crippen LogP contribution in [0.25, 0.3) is 16.7 Å². The third-order valence-electron chi connectivity index (χ3n) is 6.46. The van der Waals surface area contributed by atoms with Crippen LogP contribution in [0.3, 0.4) is 0 Å². The molecule has 4 rings (SSSR count). The number of aromatic hydroxyl groups is 1. The molecule has 40 heavy (non-hydrogen) atoms. The molecule has 1 fully saturated rings. The monoisotopic (exact) mass is 579 g/mol. The molecule has 1 aromatic heterocycles. The lowest BCUT2D eigenvalue weighted by atomic mass is 10.0. The Kier molecular flexibility index (Phi) is 8.17. The number of carbonyl (C=O) groups is 1. The average molecular weight is 580 g/mol. The van der Waals surface area contributed by atoms with Crippen LogP contribution >= 0.6 is 0 Å². The summed E-state index contributed by atoms with van der Waals surface area (Å²) in [4.78, 5) is 16.9. The highest BCUT2D eigenvalue weighted by Crippen LogP contribution is 2.35. The predicted molar refractivity (Wildman–Crippen MR) is 140 cm³/mol. The summed E-state index contributed by atoms with van der Waals surface area (Å²) in [7, 11) is -4.20. The summed E-state index contributed by atoms with van der Waals surface area (Å²) in [6.07, 6.45) is -0.889. The summed E-state index contributed by atoms with van der Waals surface area (Å²) in [5, 5.41) is 12.7. The zero-order chi connectivity index (χ0) is 29.2. The van der Waals surface area contributed by atoms with E-state index in [9.17, 15) is 35.9 Å². The van der Waals surface area contributed by atoms with E-state index in [2.05, 4.69) is 17.0 Å². The van der Waals surface area contributed by atoms with E-state index in [4.69, 9.17) is 4.42 Å². The van der Waals surface area contributed by atoms with Gasteiger partial charge in [-0.2, -0.15) is 17.5 Å². The molecule has 2 aromatic carbocycles. The fourth-order valence-electron chi connectivity index (χ4n) is 4.37. The van der Waals surface area contributed by atoms with E-state index in [1.807, 2.05) is 0 Å². The molecule has 0 bridgehead atoms. The molecular formula is C27H25F4N3O5S. The number of aliphatic imine (C=N–C) groups is 1. The standard InChI is InChI=1S/C27H25F4N3O5S/c1-3-16(11-21(32-2)20-8-6-18(14-23(20)35)27(29,30)31)15-33-26(36)22-5-4-10-34(22)40(37,38)25-13-17-12-19(28)7-9-24(17)39-25/h3,6-9,11-14,22,35H,2,4-5,10,15H2,1H3,(H,33,36)/b16-3+,21-11-/t22-/m0/s1. The molecule has 1 aliphatic rings. The number of rotatable bonds is 8. The van der Waals surface area contributed by atoms with Gasteiger partial charge in [-0.3, -0.25) is 9.79 Å². The highest BCUT2D eigenvalue weighted by atomic mass is 32.2. The zero-order valence-electron chi connectivity index (χ0n) is 21.2. The normalized spacial score (nSPS) is 17.4. The van der Waals surface area contributed by atoms with Gasteiger partial charge in [-0.05, 0) is 74.5 Å². The molecule has 2 heterocycles. The second kappa shape index (κ2) is 11.3. The number of furan rings is 1. The minimum atomic E-state index is -4.63. The molecule has 0 spiro atoms. The number of benzene rings is 2. The maximum atomic E-state index is 13.5. The lowest BCUT2D eigenvalue weighted by Crippen LogP contribution is -2.46. The molecule has 1 amide bonds. The number of hydrogen-bond acceptors (Lipinski definition) is 6. The number of sulfonamides is 1. The van der Waals surface area contributed by atoms with Crippen LogP contribution in [0.5, 0.6) is 5.75 Å². The topological polar surface area (TPSA) is 112 Å². The highest BCUT2D eigenvalue weighted by molar-refractivity contribution is 7.89. The van der Waals surface area contributed by atoms with E-state index < -0.39 is 50.4 Å². The van der Waals surface area contributed by atoms with Crippen LogP contribution in [0, 0.1) is 5.82 Å². The van der Waals surface area contributed by atoms with Crippen LogP contribution in [0.4, 0.5) is 17.6 Å². The number of amides is 1. The van der Waals surface area contributed by atoms with Crippen molar-refractivity contribution < 1.29 is 40.3 Å². The van der Waals surface area contributed by atoms with Gasteiger partial charge in [0.2, 0.25) is 11.0 Å². The van der Waals surface area contributed by atoms with Gasteiger partial charge >= 0.3 is 6.18 Å². The largest absolute Gasteiger partial charge is 0.507 e. The van der Waals surface area contributed by atoms with Crippen molar-refractivity contribution in [3.63, 3.8) is 0 Å². The first-order valence-electron chi connectivity index (χ1n) is 12.1. The van der Waals surface area contributed by atoms with Gasteiger partial charge < -0.3 is 14.8 Å². The predicted octanol–water partition coefficient (Wildman–Crippen LogP) is 5.25. The van der Waals surface area contributed by atoms with Gasteiger partial charge in [0.25, 0.3) is 10.0 Å². The van der Waals surface area contributed by atoms with Gasteiger partial charge in [0.15, 0.2) is 0 Å². The Labute approximate surface area is 227 Å². The first kappa shape index (κ1) is 29.0. The molecule has 1 atom stereocenters. The summed E-state index contributed by atoms with van der Waals surface area (Å²) in [6.45, 7) is 5.08.